The van der Waals surface area contributed by atoms with Crippen molar-refractivity contribution < 1.29 is 9.53 Å². The van der Waals surface area contributed by atoms with Crippen LogP contribution in [-0.4, -0.2) is 18.6 Å². The lowest BCUT2D eigenvalue weighted by molar-refractivity contribution is -0.127. The van der Waals surface area contributed by atoms with E-state index in [1.165, 1.54) is 0 Å². The molecule has 18 heavy (non-hydrogen) atoms. The number of hydrogen-bond donors (Lipinski definition) is 1. The number of nitrogens with one attached hydrogen (secondary N) is 1. The van der Waals surface area contributed by atoms with Gasteiger partial charge in [0.05, 0.1) is 12.5 Å². The molecule has 0 spiro atoms. The fraction of sp³-hybridized carbons (Fsp3) is 0.429. The van der Waals surface area contributed by atoms with Crippen LogP contribution in [0.25, 0.3) is 0 Å². The van der Waals surface area contributed by atoms with Crippen molar-refractivity contribution in [2.45, 2.75) is 32.8 Å². The summed E-state index contributed by atoms with van der Waals surface area (Å²) >= 11 is 0. The number of carbonyl (C=O) groups excluding carboxylic acids is 1. The predicted octanol–water partition coefficient (Wildman–Crippen LogP) is 2.05. The number of benzene rings is 1. The topological polar surface area (TPSA) is 62.1 Å². The van der Waals surface area contributed by atoms with Crippen LogP contribution in [0.4, 0.5) is 0 Å². The Kier molecular flexibility index (Phi) is 5.72. The van der Waals surface area contributed by atoms with Gasteiger partial charge in [0.2, 0.25) is 0 Å². The third-order valence-corrected chi connectivity index (χ3v) is 2.44. The minimum Gasteiger partial charge on any atom is -0.481 e. The molecule has 0 fully saturated rings. The summed E-state index contributed by atoms with van der Waals surface area (Å²) in [6.07, 6.45) is 0.770. The van der Waals surface area contributed by atoms with E-state index in [1.807, 2.05) is 19.1 Å². The van der Waals surface area contributed by atoms with Gasteiger partial charge in [-0.3, -0.25) is 4.79 Å². The minimum absolute atomic E-state index is 0.113. The average Bonchev–Trinajstić information content (AvgIpc) is 2.38. The SMILES string of the molecule is CCCNC(=O)C(C)Oc1ccc(CC#N)cc1. The molecule has 0 bridgehead atoms. The van der Waals surface area contributed by atoms with Crippen molar-refractivity contribution in [2.75, 3.05) is 6.54 Å². The molecule has 1 unspecified atom stereocenters. The van der Waals surface area contributed by atoms with Crippen LogP contribution in [0.1, 0.15) is 25.8 Å². The van der Waals surface area contributed by atoms with Gasteiger partial charge in [-0.15, -0.1) is 0 Å². The fourth-order valence-corrected chi connectivity index (χ4v) is 1.43. The molecule has 4 nitrogen and oxygen atoms in total. The molecule has 1 amide bonds. The maximum absolute atomic E-state index is 11.6. The maximum Gasteiger partial charge on any atom is 0.260 e. The average molecular weight is 246 g/mol. The molecule has 0 aliphatic heterocycles. The van der Waals surface area contributed by atoms with Crippen LogP contribution >= 0.6 is 0 Å². The molecule has 1 atom stereocenters. The number of rotatable bonds is 6. The summed E-state index contributed by atoms with van der Waals surface area (Å²) in [7, 11) is 0. The zero-order valence-corrected chi connectivity index (χ0v) is 10.8. The van der Waals surface area contributed by atoms with E-state index < -0.39 is 6.10 Å². The van der Waals surface area contributed by atoms with Crippen LogP contribution in [-0.2, 0) is 11.2 Å². The third kappa shape index (κ3) is 4.46. The highest BCUT2D eigenvalue weighted by molar-refractivity contribution is 5.80. The Morgan fingerprint density at radius 2 is 2.11 bits per heavy atom. The van der Waals surface area contributed by atoms with Crippen molar-refractivity contribution in [3.63, 3.8) is 0 Å². The Morgan fingerprint density at radius 1 is 1.44 bits per heavy atom. The molecular formula is C14H18N2O2. The van der Waals surface area contributed by atoms with E-state index in [4.69, 9.17) is 10.00 Å². The molecule has 1 aromatic rings. The van der Waals surface area contributed by atoms with Gasteiger partial charge in [-0.1, -0.05) is 19.1 Å². The molecule has 1 N–H and O–H groups in total. The summed E-state index contributed by atoms with van der Waals surface area (Å²) in [6, 6.07) is 9.29. The lowest BCUT2D eigenvalue weighted by Crippen LogP contribution is -2.36. The molecule has 0 saturated heterocycles. The number of nitrogens with zero attached hydrogens (tertiary/aromatic N) is 1. The minimum atomic E-state index is -0.515. The molecule has 0 aliphatic rings. The van der Waals surface area contributed by atoms with Crippen molar-refractivity contribution in [3.05, 3.63) is 29.8 Å². The van der Waals surface area contributed by atoms with Gasteiger partial charge in [0.1, 0.15) is 5.75 Å². The Balaban J connectivity index is 2.51. The fourth-order valence-electron chi connectivity index (χ4n) is 1.43. The molecule has 96 valence electrons. The van der Waals surface area contributed by atoms with Crippen LogP contribution in [0.2, 0.25) is 0 Å². The van der Waals surface area contributed by atoms with Crippen LogP contribution in [0.15, 0.2) is 24.3 Å². The van der Waals surface area contributed by atoms with Gasteiger partial charge in [-0.25, -0.2) is 0 Å². The molecule has 4 heteroatoms. The lowest BCUT2D eigenvalue weighted by atomic mass is 10.2. The number of nitriles is 1. The number of carbonyl (C=O) groups is 1. The molecule has 0 aromatic heterocycles. The third-order valence-electron chi connectivity index (χ3n) is 2.44. The predicted molar refractivity (Wildman–Crippen MR) is 69.1 cm³/mol. The summed E-state index contributed by atoms with van der Waals surface area (Å²) < 4.78 is 5.51. The zero-order valence-electron chi connectivity index (χ0n) is 10.8. The number of ether oxygens (including phenoxy) is 1. The highest BCUT2D eigenvalue weighted by Gasteiger charge is 2.13. The first-order valence-electron chi connectivity index (χ1n) is 6.07. The highest BCUT2D eigenvalue weighted by atomic mass is 16.5. The summed E-state index contributed by atoms with van der Waals surface area (Å²) in [6.45, 7) is 4.38. The van der Waals surface area contributed by atoms with E-state index in [9.17, 15) is 4.79 Å². The Morgan fingerprint density at radius 3 is 2.67 bits per heavy atom. The van der Waals surface area contributed by atoms with Gasteiger partial charge in [0, 0.05) is 6.54 Å². The second-order valence-electron chi connectivity index (χ2n) is 4.03. The Bertz CT molecular complexity index is 420. The lowest BCUT2D eigenvalue weighted by Gasteiger charge is -2.14. The quantitative estimate of drug-likeness (QED) is 0.835. The van der Waals surface area contributed by atoms with Gasteiger partial charge in [-0.05, 0) is 31.0 Å². The zero-order chi connectivity index (χ0) is 13.4. The van der Waals surface area contributed by atoms with E-state index in [-0.39, 0.29) is 5.91 Å². The Hall–Kier alpha value is -2.02. The molecule has 0 heterocycles. The van der Waals surface area contributed by atoms with Gasteiger partial charge in [-0.2, -0.15) is 5.26 Å². The number of amides is 1. The van der Waals surface area contributed by atoms with Gasteiger partial charge >= 0.3 is 0 Å². The maximum atomic E-state index is 11.6. The summed E-state index contributed by atoms with van der Waals surface area (Å²) in [5.74, 6) is 0.522. The van der Waals surface area contributed by atoms with Crippen molar-refractivity contribution in [1.82, 2.24) is 5.32 Å². The number of hydrogen-bond acceptors (Lipinski definition) is 3. The van der Waals surface area contributed by atoms with Crippen molar-refractivity contribution in [1.29, 1.82) is 5.26 Å². The first-order chi connectivity index (χ1) is 8.67. The second-order valence-corrected chi connectivity index (χ2v) is 4.03. The smallest absolute Gasteiger partial charge is 0.260 e. The largest absolute Gasteiger partial charge is 0.481 e. The van der Waals surface area contributed by atoms with E-state index in [2.05, 4.69) is 11.4 Å². The van der Waals surface area contributed by atoms with Crippen molar-refractivity contribution in [3.8, 4) is 11.8 Å². The summed E-state index contributed by atoms with van der Waals surface area (Å²) in [5, 5.41) is 11.3. The normalized spacial score (nSPS) is 11.4. The molecular weight excluding hydrogens is 228 g/mol. The summed E-state index contributed by atoms with van der Waals surface area (Å²) in [5.41, 5.74) is 0.938. The van der Waals surface area contributed by atoms with E-state index >= 15 is 0 Å². The van der Waals surface area contributed by atoms with E-state index in [0.717, 1.165) is 12.0 Å². The van der Waals surface area contributed by atoms with Crippen molar-refractivity contribution >= 4 is 5.91 Å². The van der Waals surface area contributed by atoms with Gasteiger partial charge in [0.25, 0.3) is 5.91 Å². The van der Waals surface area contributed by atoms with Gasteiger partial charge < -0.3 is 10.1 Å². The highest BCUT2D eigenvalue weighted by Crippen LogP contribution is 2.14. The molecule has 0 saturated carbocycles. The first-order valence-corrected chi connectivity index (χ1v) is 6.07. The molecule has 1 aromatic carbocycles. The van der Waals surface area contributed by atoms with Crippen LogP contribution in [0, 0.1) is 11.3 Å². The van der Waals surface area contributed by atoms with Crippen LogP contribution < -0.4 is 10.1 Å². The van der Waals surface area contributed by atoms with Gasteiger partial charge in [0.15, 0.2) is 6.10 Å². The van der Waals surface area contributed by atoms with E-state index in [0.29, 0.717) is 18.7 Å². The standard InChI is InChI=1S/C14H18N2O2/c1-3-10-16-14(17)11(2)18-13-6-4-12(5-7-13)8-9-15/h4-7,11H,3,8,10H2,1-2H3,(H,16,17). The monoisotopic (exact) mass is 246 g/mol. The molecule has 1 rings (SSSR count). The van der Waals surface area contributed by atoms with Crippen LogP contribution in [0.5, 0.6) is 5.75 Å². The first kappa shape index (κ1) is 14.0. The molecule has 0 radical (unpaired) electrons. The molecule has 0 aliphatic carbocycles. The second kappa shape index (κ2) is 7.33. The Labute approximate surface area is 108 Å². The van der Waals surface area contributed by atoms with E-state index in [1.54, 1.807) is 19.1 Å². The summed E-state index contributed by atoms with van der Waals surface area (Å²) in [4.78, 5) is 11.6. The van der Waals surface area contributed by atoms with Crippen molar-refractivity contribution in [2.24, 2.45) is 0 Å². The van der Waals surface area contributed by atoms with Crippen LogP contribution in [0.3, 0.4) is 0 Å².